The average molecular weight is 297 g/mol. The van der Waals surface area contributed by atoms with Gasteiger partial charge in [0.15, 0.2) is 5.82 Å². The maximum absolute atomic E-state index is 12.1. The molecule has 0 saturated heterocycles. The van der Waals surface area contributed by atoms with Crippen LogP contribution < -0.4 is 5.32 Å². The smallest absolute Gasteiger partial charge is 0.272 e. The number of rotatable bonds is 5. The maximum Gasteiger partial charge on any atom is 0.272 e. The van der Waals surface area contributed by atoms with E-state index in [1.54, 1.807) is 23.3 Å². The lowest BCUT2D eigenvalue weighted by molar-refractivity contribution is 0.0946. The van der Waals surface area contributed by atoms with Crippen molar-refractivity contribution in [3.8, 4) is 5.82 Å². The van der Waals surface area contributed by atoms with Gasteiger partial charge in [-0.25, -0.2) is 14.6 Å². The van der Waals surface area contributed by atoms with E-state index in [9.17, 15) is 4.79 Å². The Kier molecular flexibility index (Phi) is 3.90. The fourth-order valence-electron chi connectivity index (χ4n) is 2.02. The van der Waals surface area contributed by atoms with E-state index in [1.807, 2.05) is 19.1 Å². The summed E-state index contributed by atoms with van der Waals surface area (Å²) in [6.07, 6.45) is 5.48. The van der Waals surface area contributed by atoms with Crippen LogP contribution in [-0.4, -0.2) is 35.9 Å². The summed E-state index contributed by atoms with van der Waals surface area (Å²) in [5, 5.41) is 13.7. The monoisotopic (exact) mass is 297 g/mol. The summed E-state index contributed by atoms with van der Waals surface area (Å²) in [4.78, 5) is 20.3. The molecule has 3 rings (SSSR count). The number of carbonyl (C=O) groups is 1. The fraction of sp³-hybridized carbons (Fsp3) is 0.214. The average Bonchev–Trinajstić information content (AvgIpc) is 3.24. The first-order chi connectivity index (χ1) is 10.8. The highest BCUT2D eigenvalue weighted by Gasteiger charge is 2.12. The Labute approximate surface area is 126 Å². The van der Waals surface area contributed by atoms with Crippen molar-refractivity contribution in [2.75, 3.05) is 0 Å². The predicted molar refractivity (Wildman–Crippen MR) is 78.3 cm³/mol. The van der Waals surface area contributed by atoms with E-state index in [0.717, 1.165) is 17.7 Å². The first-order valence-electron chi connectivity index (χ1n) is 6.89. The van der Waals surface area contributed by atoms with E-state index < -0.39 is 0 Å². The van der Waals surface area contributed by atoms with E-state index in [4.69, 9.17) is 0 Å². The molecule has 0 spiro atoms. The second-order valence-corrected chi connectivity index (χ2v) is 4.64. The Hall–Kier alpha value is -3.03. The lowest BCUT2D eigenvalue weighted by Gasteiger charge is -2.08. The highest BCUT2D eigenvalue weighted by Crippen LogP contribution is 2.09. The largest absolute Gasteiger partial charge is 0.346 e. The molecule has 3 aromatic heterocycles. The summed E-state index contributed by atoms with van der Waals surface area (Å²) in [5.41, 5.74) is 2.14. The maximum atomic E-state index is 12.1. The van der Waals surface area contributed by atoms with Gasteiger partial charge in [0.2, 0.25) is 0 Å². The van der Waals surface area contributed by atoms with Crippen molar-refractivity contribution in [3.63, 3.8) is 0 Å². The lowest BCUT2D eigenvalue weighted by Crippen LogP contribution is -2.24. The molecule has 0 radical (unpaired) electrons. The lowest BCUT2D eigenvalue weighted by atomic mass is 10.2. The zero-order valence-electron chi connectivity index (χ0n) is 12.0. The molecule has 112 valence electrons. The summed E-state index contributed by atoms with van der Waals surface area (Å²) >= 11 is 0. The van der Waals surface area contributed by atoms with Crippen LogP contribution >= 0.6 is 0 Å². The summed E-state index contributed by atoms with van der Waals surface area (Å²) < 4.78 is 1.56. The van der Waals surface area contributed by atoms with Crippen LogP contribution in [0.1, 0.15) is 28.7 Å². The first kappa shape index (κ1) is 13.9. The van der Waals surface area contributed by atoms with Crippen molar-refractivity contribution in [2.24, 2.45) is 0 Å². The third-order valence-electron chi connectivity index (χ3n) is 3.19. The molecule has 0 bridgehead atoms. The van der Waals surface area contributed by atoms with Gasteiger partial charge in [0, 0.05) is 24.0 Å². The van der Waals surface area contributed by atoms with Crippen LogP contribution in [-0.2, 0) is 13.0 Å². The topological polar surface area (TPSA) is 101 Å². The third kappa shape index (κ3) is 2.85. The molecule has 0 fully saturated rings. The Balaban J connectivity index is 1.73. The van der Waals surface area contributed by atoms with E-state index in [1.165, 1.54) is 6.33 Å². The Morgan fingerprint density at radius 3 is 3.09 bits per heavy atom. The molecule has 0 atom stereocenters. The number of aryl methyl sites for hydroxylation is 1. The Bertz CT molecular complexity index is 763. The van der Waals surface area contributed by atoms with Crippen LogP contribution in [0.3, 0.4) is 0 Å². The van der Waals surface area contributed by atoms with Crippen molar-refractivity contribution >= 4 is 5.91 Å². The van der Waals surface area contributed by atoms with Gasteiger partial charge in [0.1, 0.15) is 18.3 Å². The summed E-state index contributed by atoms with van der Waals surface area (Å²) in [7, 11) is 0. The SMILES string of the molecule is CCc1cc(C(=O)NCc2cccnc2-n2cncn2)n[nH]1. The second-order valence-electron chi connectivity index (χ2n) is 4.64. The number of nitrogens with one attached hydrogen (secondary N) is 2. The van der Waals surface area contributed by atoms with Crippen molar-refractivity contribution in [2.45, 2.75) is 19.9 Å². The first-order valence-corrected chi connectivity index (χ1v) is 6.89. The number of hydrogen-bond acceptors (Lipinski definition) is 5. The molecule has 0 aliphatic heterocycles. The van der Waals surface area contributed by atoms with Crippen molar-refractivity contribution in [1.82, 2.24) is 35.3 Å². The van der Waals surface area contributed by atoms with Crippen LogP contribution in [0.25, 0.3) is 5.82 Å². The van der Waals surface area contributed by atoms with Crippen LogP contribution in [0.15, 0.2) is 37.1 Å². The predicted octanol–water partition coefficient (Wildman–Crippen LogP) is 0.878. The molecule has 3 aromatic rings. The minimum absolute atomic E-state index is 0.232. The molecule has 2 N–H and O–H groups in total. The molecule has 0 aromatic carbocycles. The number of H-pyrrole nitrogens is 1. The number of hydrogen-bond donors (Lipinski definition) is 2. The third-order valence-corrected chi connectivity index (χ3v) is 3.19. The summed E-state index contributed by atoms with van der Waals surface area (Å²) in [6.45, 7) is 2.32. The number of amides is 1. The van der Waals surface area contributed by atoms with Gasteiger partial charge < -0.3 is 5.32 Å². The number of pyridine rings is 1. The normalized spacial score (nSPS) is 10.6. The van der Waals surface area contributed by atoms with Gasteiger partial charge in [-0.2, -0.15) is 10.2 Å². The molecular formula is C14H15N7O. The molecule has 8 nitrogen and oxygen atoms in total. The van der Waals surface area contributed by atoms with Crippen LogP contribution in [0.2, 0.25) is 0 Å². The van der Waals surface area contributed by atoms with Gasteiger partial charge in [0.25, 0.3) is 5.91 Å². The molecule has 3 heterocycles. The molecule has 0 saturated carbocycles. The van der Waals surface area contributed by atoms with Crippen LogP contribution in [0, 0.1) is 0 Å². The molecule has 8 heteroatoms. The zero-order valence-corrected chi connectivity index (χ0v) is 12.0. The minimum atomic E-state index is -0.232. The Morgan fingerprint density at radius 2 is 2.36 bits per heavy atom. The van der Waals surface area contributed by atoms with Gasteiger partial charge >= 0.3 is 0 Å². The van der Waals surface area contributed by atoms with Gasteiger partial charge in [-0.15, -0.1) is 0 Å². The van der Waals surface area contributed by atoms with E-state index in [0.29, 0.717) is 18.1 Å². The van der Waals surface area contributed by atoms with Crippen molar-refractivity contribution in [3.05, 3.63) is 54.0 Å². The van der Waals surface area contributed by atoms with Gasteiger partial charge in [-0.05, 0) is 18.6 Å². The van der Waals surface area contributed by atoms with Gasteiger partial charge in [-0.3, -0.25) is 9.89 Å². The highest BCUT2D eigenvalue weighted by molar-refractivity contribution is 5.92. The molecule has 0 aliphatic rings. The molecule has 22 heavy (non-hydrogen) atoms. The number of carbonyl (C=O) groups excluding carboxylic acids is 1. The highest BCUT2D eigenvalue weighted by atomic mass is 16.1. The molecule has 0 aliphatic carbocycles. The zero-order chi connectivity index (χ0) is 15.4. The van der Waals surface area contributed by atoms with Gasteiger partial charge in [0.05, 0.1) is 0 Å². The van der Waals surface area contributed by atoms with Crippen molar-refractivity contribution in [1.29, 1.82) is 0 Å². The van der Waals surface area contributed by atoms with E-state index in [2.05, 4.69) is 30.6 Å². The van der Waals surface area contributed by atoms with Gasteiger partial charge in [-0.1, -0.05) is 13.0 Å². The van der Waals surface area contributed by atoms with E-state index in [-0.39, 0.29) is 5.91 Å². The van der Waals surface area contributed by atoms with Crippen LogP contribution in [0.5, 0.6) is 0 Å². The number of aromatic amines is 1. The quantitative estimate of drug-likeness (QED) is 0.728. The minimum Gasteiger partial charge on any atom is -0.346 e. The Morgan fingerprint density at radius 1 is 1.45 bits per heavy atom. The molecule has 1 amide bonds. The summed E-state index contributed by atoms with van der Waals surface area (Å²) in [6, 6.07) is 5.44. The number of nitrogens with zero attached hydrogens (tertiary/aromatic N) is 5. The summed E-state index contributed by atoms with van der Waals surface area (Å²) in [5.74, 6) is 0.404. The van der Waals surface area contributed by atoms with Crippen LogP contribution in [0.4, 0.5) is 0 Å². The van der Waals surface area contributed by atoms with Crippen molar-refractivity contribution < 1.29 is 4.79 Å². The second kappa shape index (κ2) is 6.17. The number of aromatic nitrogens is 6. The molecule has 0 unspecified atom stereocenters. The standard InChI is InChI=1S/C14H15N7O/c1-2-11-6-12(20-19-11)14(22)17-7-10-4-3-5-16-13(10)21-9-15-8-18-21/h3-6,8-9H,2,7H2,1H3,(H,17,22)(H,19,20). The van der Waals surface area contributed by atoms with E-state index >= 15 is 0 Å². The fourth-order valence-corrected chi connectivity index (χ4v) is 2.02. The molecular weight excluding hydrogens is 282 g/mol.